The second-order valence-corrected chi connectivity index (χ2v) is 10.4. The van der Waals surface area contributed by atoms with Crippen molar-refractivity contribution < 1.29 is 60.0 Å². The minimum atomic E-state index is -5.08. The standard InChI is InChI=1S/C28H32FN5O2.2C2HF3O2/c1-5-18-7-12-22-23(13-18)33-26(32-22)16-34(20-10-8-19(9-11-20)28(30)31)24-14-21(35-6-2)15-25(27(24)29)36-17(3)4;2*3-2(4,5)1(6)7/h7-15,17H,5-6,16H2,1-4H3,(H3,30,31)(H,32,33);2*(H,6,7). The number of nitrogens with zero attached hydrogens (tertiary/aromatic N) is 2. The summed E-state index contributed by atoms with van der Waals surface area (Å²) in [4.78, 5) is 27.7. The van der Waals surface area contributed by atoms with Gasteiger partial charge in [0, 0.05) is 23.4 Å². The summed E-state index contributed by atoms with van der Waals surface area (Å²) < 4.78 is 90.9. The summed E-state index contributed by atoms with van der Waals surface area (Å²) in [5.41, 5.74) is 10.2. The molecule has 11 nitrogen and oxygen atoms in total. The normalized spacial score (nSPS) is 11.2. The molecule has 0 spiro atoms. The number of aliphatic carboxylic acids is 2. The molecular formula is C32H34F7N5O6. The fourth-order valence-corrected chi connectivity index (χ4v) is 4.04. The van der Waals surface area contributed by atoms with E-state index in [1.807, 2.05) is 43.9 Å². The molecule has 0 amide bonds. The number of nitrogen functional groups attached to an aromatic ring is 1. The number of amidine groups is 1. The predicted octanol–water partition coefficient (Wildman–Crippen LogP) is 7.34. The van der Waals surface area contributed by atoms with Crippen LogP contribution in [0.1, 0.15) is 44.6 Å². The third-order valence-electron chi connectivity index (χ3n) is 6.24. The van der Waals surface area contributed by atoms with Gasteiger partial charge < -0.3 is 35.3 Å². The molecule has 0 aliphatic carbocycles. The Morgan fingerprint density at radius 2 is 1.52 bits per heavy atom. The number of imidazole rings is 1. The van der Waals surface area contributed by atoms with Gasteiger partial charge in [-0.2, -0.15) is 26.3 Å². The second kappa shape index (κ2) is 17.2. The van der Waals surface area contributed by atoms with Crippen molar-refractivity contribution in [2.75, 3.05) is 11.5 Å². The van der Waals surface area contributed by atoms with Crippen molar-refractivity contribution in [3.05, 3.63) is 77.4 Å². The van der Waals surface area contributed by atoms with E-state index < -0.39 is 30.1 Å². The molecule has 0 aliphatic heterocycles. The van der Waals surface area contributed by atoms with Gasteiger partial charge in [0.2, 0.25) is 0 Å². The molecule has 3 aromatic carbocycles. The summed E-state index contributed by atoms with van der Waals surface area (Å²) in [5.74, 6) is -4.73. The van der Waals surface area contributed by atoms with Crippen LogP contribution in [0.5, 0.6) is 11.5 Å². The summed E-state index contributed by atoms with van der Waals surface area (Å²) in [6, 6.07) is 16.5. The molecule has 18 heteroatoms. The van der Waals surface area contributed by atoms with Crippen LogP contribution in [0.4, 0.5) is 42.1 Å². The van der Waals surface area contributed by atoms with E-state index in [1.165, 1.54) is 5.56 Å². The number of ether oxygens (including phenoxy) is 2. The van der Waals surface area contributed by atoms with Crippen LogP contribution in [-0.4, -0.2) is 63.0 Å². The van der Waals surface area contributed by atoms with E-state index in [4.69, 9.17) is 45.4 Å². The fourth-order valence-electron chi connectivity index (χ4n) is 4.04. The molecule has 50 heavy (non-hydrogen) atoms. The van der Waals surface area contributed by atoms with Gasteiger partial charge in [-0.1, -0.05) is 13.0 Å². The lowest BCUT2D eigenvalue weighted by atomic mass is 10.1. The van der Waals surface area contributed by atoms with Gasteiger partial charge in [-0.3, -0.25) is 5.41 Å². The van der Waals surface area contributed by atoms with Crippen molar-refractivity contribution in [3.8, 4) is 11.5 Å². The van der Waals surface area contributed by atoms with E-state index in [-0.39, 0.29) is 24.2 Å². The number of anilines is 2. The third-order valence-corrected chi connectivity index (χ3v) is 6.24. The zero-order chi connectivity index (χ0) is 38.0. The van der Waals surface area contributed by atoms with E-state index in [1.54, 1.807) is 24.3 Å². The molecule has 1 heterocycles. The number of fused-ring (bicyclic) bond motifs is 1. The predicted molar refractivity (Wildman–Crippen MR) is 169 cm³/mol. The van der Waals surface area contributed by atoms with Crippen LogP contribution >= 0.6 is 0 Å². The molecule has 0 fully saturated rings. The van der Waals surface area contributed by atoms with E-state index >= 15 is 4.39 Å². The largest absolute Gasteiger partial charge is 0.494 e. The van der Waals surface area contributed by atoms with Gasteiger partial charge in [0.15, 0.2) is 11.6 Å². The van der Waals surface area contributed by atoms with Crippen molar-refractivity contribution in [2.45, 2.75) is 59.1 Å². The third kappa shape index (κ3) is 11.9. The Morgan fingerprint density at radius 3 is 1.98 bits per heavy atom. The molecular weight excluding hydrogens is 683 g/mol. The Bertz CT molecular complexity index is 1750. The number of hydrogen-bond donors (Lipinski definition) is 5. The molecule has 1 aromatic heterocycles. The van der Waals surface area contributed by atoms with Crippen molar-refractivity contribution >= 4 is 40.2 Å². The maximum Gasteiger partial charge on any atom is 0.490 e. The summed E-state index contributed by atoms with van der Waals surface area (Å²) in [5, 5.41) is 22.0. The van der Waals surface area contributed by atoms with Crippen LogP contribution in [0.15, 0.2) is 54.6 Å². The zero-order valence-electron chi connectivity index (χ0n) is 27.0. The monoisotopic (exact) mass is 717 g/mol. The van der Waals surface area contributed by atoms with Crippen LogP contribution in [0.3, 0.4) is 0 Å². The average Bonchev–Trinajstić information content (AvgIpc) is 3.43. The lowest BCUT2D eigenvalue weighted by Crippen LogP contribution is -2.21. The van der Waals surface area contributed by atoms with E-state index in [9.17, 15) is 26.3 Å². The van der Waals surface area contributed by atoms with Crippen LogP contribution in [-0.2, 0) is 22.6 Å². The van der Waals surface area contributed by atoms with E-state index in [0.717, 1.165) is 17.5 Å². The van der Waals surface area contributed by atoms with Gasteiger partial charge >= 0.3 is 24.3 Å². The van der Waals surface area contributed by atoms with Gasteiger partial charge in [-0.05, 0) is 69.2 Å². The molecule has 0 saturated heterocycles. The minimum absolute atomic E-state index is 0.0331. The molecule has 4 aromatic rings. The number of nitrogens with one attached hydrogen (secondary N) is 2. The molecule has 0 saturated carbocycles. The Labute approximate surface area is 280 Å². The summed E-state index contributed by atoms with van der Waals surface area (Å²) in [6.45, 7) is 8.39. The Balaban J connectivity index is 0.000000521. The van der Waals surface area contributed by atoms with Gasteiger partial charge in [0.1, 0.15) is 17.4 Å². The Kier molecular flexibility index (Phi) is 14.0. The highest BCUT2D eigenvalue weighted by Gasteiger charge is 2.39. The quantitative estimate of drug-likeness (QED) is 0.0639. The minimum Gasteiger partial charge on any atom is -0.494 e. The zero-order valence-corrected chi connectivity index (χ0v) is 27.0. The van der Waals surface area contributed by atoms with Gasteiger partial charge in [0.05, 0.1) is 36.0 Å². The summed E-state index contributed by atoms with van der Waals surface area (Å²) in [6.07, 6.45) is -9.46. The van der Waals surface area contributed by atoms with E-state index in [2.05, 4.69) is 24.0 Å². The molecule has 0 radical (unpaired) electrons. The molecule has 6 N–H and O–H groups in total. The first-order valence-electron chi connectivity index (χ1n) is 14.6. The number of H-pyrrole nitrogens is 1. The number of benzene rings is 3. The van der Waals surface area contributed by atoms with Crippen molar-refractivity contribution in [2.24, 2.45) is 5.73 Å². The second-order valence-electron chi connectivity index (χ2n) is 10.4. The molecule has 0 atom stereocenters. The van der Waals surface area contributed by atoms with Crippen LogP contribution < -0.4 is 20.1 Å². The number of carboxylic acids is 2. The molecule has 4 rings (SSSR count). The number of aryl methyl sites for hydroxylation is 1. The van der Waals surface area contributed by atoms with Crippen molar-refractivity contribution in [1.29, 1.82) is 5.41 Å². The smallest absolute Gasteiger partial charge is 0.490 e. The lowest BCUT2D eigenvalue weighted by molar-refractivity contribution is -0.193. The number of hydrogen-bond acceptors (Lipinski definition) is 7. The number of halogens is 7. The Morgan fingerprint density at radius 1 is 0.960 bits per heavy atom. The van der Waals surface area contributed by atoms with Crippen molar-refractivity contribution in [3.63, 3.8) is 0 Å². The molecule has 272 valence electrons. The summed E-state index contributed by atoms with van der Waals surface area (Å²) >= 11 is 0. The highest BCUT2D eigenvalue weighted by atomic mass is 19.4. The first kappa shape index (κ1) is 40.6. The maximum absolute atomic E-state index is 15.9. The SMILES string of the molecule is CCOc1cc(OC(C)C)c(F)c(N(Cc2nc3ccc(CC)cc3[nH]2)c2ccc(C(=N)N)cc2)c1.O=C(O)C(F)(F)F.O=C(O)C(F)(F)F. The topological polar surface area (TPSA) is 175 Å². The number of aromatic nitrogens is 2. The average molecular weight is 718 g/mol. The van der Waals surface area contributed by atoms with Crippen LogP contribution in [0.25, 0.3) is 11.0 Å². The lowest BCUT2D eigenvalue weighted by Gasteiger charge is -2.26. The first-order valence-corrected chi connectivity index (χ1v) is 14.6. The highest BCUT2D eigenvalue weighted by Crippen LogP contribution is 2.38. The molecule has 0 aliphatic rings. The van der Waals surface area contributed by atoms with Crippen LogP contribution in [0.2, 0.25) is 0 Å². The number of carboxylic acid groups (broad SMARTS) is 2. The van der Waals surface area contributed by atoms with Crippen molar-refractivity contribution in [1.82, 2.24) is 9.97 Å². The van der Waals surface area contributed by atoms with Gasteiger partial charge in [-0.25, -0.2) is 19.0 Å². The number of aromatic amines is 1. The number of nitrogens with two attached hydrogens (primary N) is 1. The maximum atomic E-state index is 15.9. The van der Waals surface area contributed by atoms with Crippen LogP contribution in [0, 0.1) is 11.2 Å². The molecule has 0 bridgehead atoms. The Hall–Kier alpha value is -5.55. The number of rotatable bonds is 10. The van der Waals surface area contributed by atoms with E-state index in [0.29, 0.717) is 35.1 Å². The highest BCUT2D eigenvalue weighted by molar-refractivity contribution is 5.95. The molecule has 0 unspecified atom stereocenters. The number of carbonyl (C=O) groups is 2. The van der Waals surface area contributed by atoms with Gasteiger partial charge in [-0.15, -0.1) is 0 Å². The fraction of sp³-hybridized carbons (Fsp3) is 0.312. The first-order chi connectivity index (χ1) is 23.2. The van der Waals surface area contributed by atoms with Gasteiger partial charge in [0.25, 0.3) is 0 Å². The number of alkyl halides is 6. The summed E-state index contributed by atoms with van der Waals surface area (Å²) in [7, 11) is 0.